The van der Waals surface area contributed by atoms with Gasteiger partial charge in [-0.15, -0.1) is 11.3 Å². The van der Waals surface area contributed by atoms with Crippen LogP contribution >= 0.6 is 22.9 Å². The van der Waals surface area contributed by atoms with E-state index >= 15 is 0 Å². The van der Waals surface area contributed by atoms with Gasteiger partial charge in [0.25, 0.3) is 0 Å². The molecule has 1 aromatic heterocycles. The lowest BCUT2D eigenvalue weighted by Crippen LogP contribution is -2.10. The lowest BCUT2D eigenvalue weighted by Gasteiger charge is -2.05. The summed E-state index contributed by atoms with van der Waals surface area (Å²) < 4.78 is 26.7. The molecule has 1 aromatic carbocycles. The van der Waals surface area contributed by atoms with Crippen LogP contribution in [0.25, 0.3) is 0 Å². The highest BCUT2D eigenvalue weighted by molar-refractivity contribution is 7.18. The molecule has 0 bridgehead atoms. The van der Waals surface area contributed by atoms with E-state index in [1.54, 1.807) is 6.92 Å². The molecule has 1 N–H and O–H groups in total. The van der Waals surface area contributed by atoms with Gasteiger partial charge in [-0.2, -0.15) is 0 Å². The molecule has 2 aromatic rings. The van der Waals surface area contributed by atoms with Crippen LogP contribution in [0, 0.1) is 18.6 Å². The number of aryl methyl sites for hydroxylation is 1. The lowest BCUT2D eigenvalue weighted by molar-refractivity contribution is 0.0692. The van der Waals surface area contributed by atoms with Gasteiger partial charge in [0, 0.05) is 5.56 Å². The molecule has 0 atom stereocenters. The van der Waals surface area contributed by atoms with Crippen LogP contribution in [-0.2, 0) is 0 Å². The first-order valence-electron chi connectivity index (χ1n) is 5.34. The largest absolute Gasteiger partial charge is 0.478 e. The van der Waals surface area contributed by atoms with Gasteiger partial charge in [-0.1, -0.05) is 11.6 Å². The number of carbonyl (C=O) groups is 2. The number of hydrogen-bond donors (Lipinski definition) is 1. The van der Waals surface area contributed by atoms with E-state index in [2.05, 4.69) is 0 Å². The predicted molar refractivity (Wildman–Crippen MR) is 70.8 cm³/mol. The summed E-state index contributed by atoms with van der Waals surface area (Å²) in [4.78, 5) is 23.4. The normalized spacial score (nSPS) is 10.6. The van der Waals surface area contributed by atoms with Crippen molar-refractivity contribution in [3.05, 3.63) is 55.7 Å². The Morgan fingerprint density at radius 2 is 1.70 bits per heavy atom. The van der Waals surface area contributed by atoms with Crippen LogP contribution in [0.5, 0.6) is 0 Å². The minimum absolute atomic E-state index is 0.168. The van der Waals surface area contributed by atoms with Gasteiger partial charge in [0.2, 0.25) is 5.78 Å². The molecule has 0 aliphatic heterocycles. The van der Waals surface area contributed by atoms with Gasteiger partial charge < -0.3 is 5.11 Å². The molecule has 0 amide bonds. The summed E-state index contributed by atoms with van der Waals surface area (Å²) in [6, 6.07) is 2.55. The predicted octanol–water partition coefficient (Wildman–Crippen LogP) is 3.92. The first-order valence-corrected chi connectivity index (χ1v) is 6.53. The number of hydrogen-bond acceptors (Lipinski definition) is 3. The van der Waals surface area contributed by atoms with Crippen molar-refractivity contribution in [3.63, 3.8) is 0 Å². The molecule has 2 rings (SSSR count). The monoisotopic (exact) mass is 316 g/mol. The van der Waals surface area contributed by atoms with E-state index in [4.69, 9.17) is 16.7 Å². The van der Waals surface area contributed by atoms with E-state index in [0.717, 1.165) is 11.3 Å². The van der Waals surface area contributed by atoms with Gasteiger partial charge in [0.1, 0.15) is 0 Å². The molecule has 0 saturated heterocycles. The molecule has 0 fully saturated rings. The highest BCUT2D eigenvalue weighted by Gasteiger charge is 2.23. The molecular weight excluding hydrogens is 310 g/mol. The molecule has 0 radical (unpaired) electrons. The maximum Gasteiger partial charge on any atom is 0.336 e. The molecule has 0 aliphatic rings. The standard InChI is InChI=1S/C13H7ClF2O3S/c1-5-2-10(20-12(5)14)11(17)6-3-8(15)9(16)4-7(6)13(18)19/h2-4H,1H3,(H,18,19). The smallest absolute Gasteiger partial charge is 0.336 e. The molecular formula is C13H7ClF2O3S. The van der Waals surface area contributed by atoms with Crippen molar-refractivity contribution in [2.45, 2.75) is 6.92 Å². The number of carbonyl (C=O) groups excluding carboxylic acids is 1. The Bertz CT molecular complexity index is 705. The number of halogens is 3. The maximum absolute atomic E-state index is 13.2. The van der Waals surface area contributed by atoms with Crippen LogP contribution in [-0.4, -0.2) is 16.9 Å². The highest BCUT2D eigenvalue weighted by atomic mass is 35.5. The Kier molecular flexibility index (Phi) is 3.87. The Morgan fingerprint density at radius 1 is 1.15 bits per heavy atom. The number of thiophene rings is 1. The summed E-state index contributed by atoms with van der Waals surface area (Å²) in [7, 11) is 0. The SMILES string of the molecule is Cc1cc(C(=O)c2cc(F)c(F)cc2C(=O)O)sc1Cl. The van der Waals surface area contributed by atoms with Gasteiger partial charge in [0.15, 0.2) is 11.6 Å². The summed E-state index contributed by atoms with van der Waals surface area (Å²) in [6.07, 6.45) is 0. The van der Waals surface area contributed by atoms with Crippen LogP contribution < -0.4 is 0 Å². The molecule has 3 nitrogen and oxygen atoms in total. The molecule has 0 spiro atoms. The van der Waals surface area contributed by atoms with Gasteiger partial charge in [-0.25, -0.2) is 13.6 Å². The number of ketones is 1. The minimum atomic E-state index is -1.51. The number of aromatic carboxylic acids is 1. The van der Waals surface area contributed by atoms with Crippen LogP contribution in [0.4, 0.5) is 8.78 Å². The summed E-state index contributed by atoms with van der Waals surface area (Å²) in [6.45, 7) is 1.68. The van der Waals surface area contributed by atoms with E-state index in [1.165, 1.54) is 6.07 Å². The van der Waals surface area contributed by atoms with Crippen molar-refractivity contribution >= 4 is 34.7 Å². The topological polar surface area (TPSA) is 54.4 Å². The molecule has 0 aliphatic carbocycles. The number of carboxylic acids is 1. The third kappa shape index (κ3) is 2.57. The Morgan fingerprint density at radius 3 is 2.15 bits per heavy atom. The molecule has 0 saturated carbocycles. The Labute approximate surface area is 121 Å². The third-order valence-corrected chi connectivity index (χ3v) is 4.17. The zero-order chi connectivity index (χ0) is 15.0. The van der Waals surface area contributed by atoms with Crippen molar-refractivity contribution in [2.75, 3.05) is 0 Å². The van der Waals surface area contributed by atoms with E-state index in [0.29, 0.717) is 22.0 Å². The van der Waals surface area contributed by atoms with Crippen molar-refractivity contribution in [2.24, 2.45) is 0 Å². The molecule has 1 heterocycles. The third-order valence-electron chi connectivity index (χ3n) is 2.62. The fourth-order valence-corrected chi connectivity index (χ4v) is 2.77. The first kappa shape index (κ1) is 14.6. The van der Waals surface area contributed by atoms with Gasteiger partial charge in [0.05, 0.1) is 14.8 Å². The van der Waals surface area contributed by atoms with E-state index in [-0.39, 0.29) is 4.88 Å². The second-order valence-electron chi connectivity index (χ2n) is 4.01. The minimum Gasteiger partial charge on any atom is -0.478 e. The van der Waals surface area contributed by atoms with Gasteiger partial charge in [-0.05, 0) is 30.7 Å². The zero-order valence-corrected chi connectivity index (χ0v) is 11.6. The Hall–Kier alpha value is -1.79. The van der Waals surface area contributed by atoms with E-state index < -0.39 is 34.5 Å². The van der Waals surface area contributed by atoms with E-state index in [1.807, 2.05) is 0 Å². The zero-order valence-electron chi connectivity index (χ0n) is 10.0. The fourth-order valence-electron chi connectivity index (χ4n) is 1.62. The van der Waals surface area contributed by atoms with Crippen molar-refractivity contribution in [3.8, 4) is 0 Å². The number of benzene rings is 1. The maximum atomic E-state index is 13.2. The Balaban J connectivity index is 2.59. The van der Waals surface area contributed by atoms with Crippen LogP contribution in [0.3, 0.4) is 0 Å². The quantitative estimate of drug-likeness (QED) is 0.873. The average molecular weight is 317 g/mol. The van der Waals surface area contributed by atoms with Crippen molar-refractivity contribution in [1.29, 1.82) is 0 Å². The molecule has 20 heavy (non-hydrogen) atoms. The molecule has 7 heteroatoms. The highest BCUT2D eigenvalue weighted by Crippen LogP contribution is 2.29. The van der Waals surface area contributed by atoms with Crippen molar-refractivity contribution < 1.29 is 23.5 Å². The second kappa shape index (κ2) is 5.30. The van der Waals surface area contributed by atoms with Gasteiger partial charge in [-0.3, -0.25) is 4.79 Å². The average Bonchev–Trinajstić information content (AvgIpc) is 2.71. The van der Waals surface area contributed by atoms with Crippen LogP contribution in [0.2, 0.25) is 4.34 Å². The molecule has 0 unspecified atom stereocenters. The number of rotatable bonds is 3. The molecule has 104 valence electrons. The summed E-state index contributed by atoms with van der Waals surface area (Å²) in [5, 5.41) is 8.97. The number of carboxylic acid groups (broad SMARTS) is 1. The lowest BCUT2D eigenvalue weighted by atomic mass is 10.0. The second-order valence-corrected chi connectivity index (χ2v) is 5.67. The van der Waals surface area contributed by atoms with Crippen molar-refractivity contribution in [1.82, 2.24) is 0 Å². The summed E-state index contributed by atoms with van der Waals surface area (Å²) in [5.74, 6) is -4.81. The first-order chi connectivity index (χ1) is 9.31. The summed E-state index contributed by atoms with van der Waals surface area (Å²) >= 11 is 6.79. The summed E-state index contributed by atoms with van der Waals surface area (Å²) in [5.41, 5.74) is -0.343. The van der Waals surface area contributed by atoms with Gasteiger partial charge >= 0.3 is 5.97 Å². The fraction of sp³-hybridized carbons (Fsp3) is 0.0769. The van der Waals surface area contributed by atoms with Crippen LogP contribution in [0.15, 0.2) is 18.2 Å². The van der Waals surface area contributed by atoms with Crippen LogP contribution in [0.1, 0.15) is 31.2 Å². The van der Waals surface area contributed by atoms with E-state index in [9.17, 15) is 18.4 Å².